The molecule has 8 heteroatoms. The molecule has 0 saturated carbocycles. The van der Waals surface area contributed by atoms with Crippen LogP contribution >= 0.6 is 11.6 Å². The van der Waals surface area contributed by atoms with E-state index in [0.29, 0.717) is 0 Å². The number of rotatable bonds is 5. The van der Waals surface area contributed by atoms with Crippen LogP contribution in [0.4, 0.5) is 4.39 Å². The number of sulfonamides is 1. The second-order valence-electron chi connectivity index (χ2n) is 4.95. The van der Waals surface area contributed by atoms with Crippen LogP contribution in [0.5, 0.6) is 0 Å². The van der Waals surface area contributed by atoms with Gasteiger partial charge in [0.1, 0.15) is 5.82 Å². The predicted octanol–water partition coefficient (Wildman–Crippen LogP) is 3.09. The summed E-state index contributed by atoms with van der Waals surface area (Å²) < 4.78 is 44.9. The molecule has 0 saturated heterocycles. The summed E-state index contributed by atoms with van der Waals surface area (Å²) in [6.45, 7) is -0.274. The molecule has 128 valence electrons. The minimum absolute atomic E-state index is 0.0563. The summed E-state index contributed by atoms with van der Waals surface area (Å²) in [7, 11) is -1.60. The van der Waals surface area contributed by atoms with Gasteiger partial charge in [0.2, 0.25) is 10.0 Å². The Morgan fingerprint density at radius 1 is 1.21 bits per heavy atom. The summed E-state index contributed by atoms with van der Waals surface area (Å²) in [6.07, 6.45) is 0. The van der Waals surface area contributed by atoms with Gasteiger partial charge in [-0.15, -0.1) is 0 Å². The average Bonchev–Trinajstić information content (AvgIpc) is 2.57. The molecule has 0 fully saturated rings. The van der Waals surface area contributed by atoms with Crippen LogP contribution in [-0.4, -0.2) is 32.8 Å². The zero-order valence-corrected chi connectivity index (χ0v) is 14.6. The van der Waals surface area contributed by atoms with Gasteiger partial charge in [-0.25, -0.2) is 17.6 Å². The lowest BCUT2D eigenvalue weighted by Crippen LogP contribution is -2.28. The van der Waals surface area contributed by atoms with Crippen molar-refractivity contribution in [3.63, 3.8) is 0 Å². The lowest BCUT2D eigenvalue weighted by atomic mass is 10.2. The van der Waals surface area contributed by atoms with Gasteiger partial charge in [0.25, 0.3) is 0 Å². The largest absolute Gasteiger partial charge is 0.465 e. The summed E-state index contributed by atoms with van der Waals surface area (Å²) in [6, 6.07) is 9.76. The molecule has 0 radical (unpaired) electrons. The molecule has 0 spiro atoms. The van der Waals surface area contributed by atoms with Crippen LogP contribution < -0.4 is 0 Å². The van der Waals surface area contributed by atoms with Crippen molar-refractivity contribution in [3.8, 4) is 0 Å². The van der Waals surface area contributed by atoms with Crippen LogP contribution in [0, 0.1) is 5.82 Å². The Morgan fingerprint density at radius 3 is 2.50 bits per heavy atom. The molecule has 0 aliphatic carbocycles. The standard InChI is InChI=1S/C16H15ClFNO4S/c1-19(10-12-13(17)7-5-8-14(12)18)24(21,22)15-9-4-3-6-11(15)16(20)23-2/h3-9H,10H2,1-2H3. The smallest absolute Gasteiger partial charge is 0.339 e. The molecule has 0 aliphatic heterocycles. The Morgan fingerprint density at radius 2 is 1.88 bits per heavy atom. The molecule has 0 aliphatic rings. The normalized spacial score (nSPS) is 11.5. The van der Waals surface area contributed by atoms with Crippen LogP contribution in [0.25, 0.3) is 0 Å². The molecule has 0 heterocycles. The molecule has 0 unspecified atom stereocenters. The first-order valence-corrected chi connectivity index (χ1v) is 8.67. The van der Waals surface area contributed by atoms with Crippen molar-refractivity contribution in [2.45, 2.75) is 11.4 Å². The maximum atomic E-state index is 13.9. The first-order chi connectivity index (χ1) is 11.3. The maximum Gasteiger partial charge on any atom is 0.339 e. The third-order valence-electron chi connectivity index (χ3n) is 3.42. The molecule has 2 rings (SSSR count). The fourth-order valence-corrected chi connectivity index (χ4v) is 3.67. The number of hydrogen-bond donors (Lipinski definition) is 0. The molecular formula is C16H15ClFNO4S. The van der Waals surface area contributed by atoms with Crippen molar-refractivity contribution in [1.29, 1.82) is 0 Å². The molecule has 0 atom stereocenters. The lowest BCUT2D eigenvalue weighted by molar-refractivity contribution is 0.0596. The van der Waals surface area contributed by atoms with Crippen molar-refractivity contribution in [3.05, 3.63) is 64.4 Å². The van der Waals surface area contributed by atoms with E-state index in [1.165, 1.54) is 49.5 Å². The highest BCUT2D eigenvalue weighted by Gasteiger charge is 2.27. The van der Waals surface area contributed by atoms with E-state index in [-0.39, 0.29) is 27.6 Å². The van der Waals surface area contributed by atoms with E-state index in [1.807, 2.05) is 0 Å². The molecule has 0 N–H and O–H groups in total. The minimum Gasteiger partial charge on any atom is -0.465 e. The van der Waals surface area contributed by atoms with Crippen LogP contribution in [0.2, 0.25) is 5.02 Å². The summed E-state index contributed by atoms with van der Waals surface area (Å²) in [5, 5.41) is 0.123. The fraction of sp³-hybridized carbons (Fsp3) is 0.188. The Balaban J connectivity index is 2.43. The average molecular weight is 372 g/mol. The predicted molar refractivity (Wildman–Crippen MR) is 87.8 cm³/mol. The molecule has 24 heavy (non-hydrogen) atoms. The van der Waals surface area contributed by atoms with E-state index in [2.05, 4.69) is 4.74 Å². The van der Waals surface area contributed by atoms with E-state index in [0.717, 1.165) is 11.4 Å². The summed E-state index contributed by atoms with van der Waals surface area (Å²) in [5.74, 6) is -1.38. The number of hydrogen-bond acceptors (Lipinski definition) is 4. The van der Waals surface area contributed by atoms with Gasteiger partial charge in [0, 0.05) is 24.2 Å². The second-order valence-corrected chi connectivity index (χ2v) is 7.37. The fourth-order valence-electron chi connectivity index (χ4n) is 2.13. The zero-order valence-electron chi connectivity index (χ0n) is 13.0. The van der Waals surface area contributed by atoms with Crippen LogP contribution in [0.1, 0.15) is 15.9 Å². The Hall–Kier alpha value is -1.96. The number of halogens is 2. The molecule has 0 bridgehead atoms. The van der Waals surface area contributed by atoms with E-state index in [9.17, 15) is 17.6 Å². The van der Waals surface area contributed by atoms with Crippen molar-refractivity contribution >= 4 is 27.6 Å². The van der Waals surface area contributed by atoms with Gasteiger partial charge in [-0.2, -0.15) is 4.31 Å². The van der Waals surface area contributed by atoms with Crippen LogP contribution in [0.15, 0.2) is 47.4 Å². The Kier molecular flexibility index (Phi) is 5.58. The molecule has 0 amide bonds. The number of esters is 1. The number of nitrogens with zero attached hydrogens (tertiary/aromatic N) is 1. The second kappa shape index (κ2) is 7.29. The zero-order chi connectivity index (χ0) is 17.9. The quantitative estimate of drug-likeness (QED) is 0.758. The Bertz CT molecular complexity index is 850. The van der Waals surface area contributed by atoms with E-state index < -0.39 is 21.8 Å². The molecule has 2 aromatic rings. The van der Waals surface area contributed by atoms with E-state index >= 15 is 0 Å². The van der Waals surface area contributed by atoms with Crippen molar-refractivity contribution in [2.24, 2.45) is 0 Å². The van der Waals surface area contributed by atoms with Crippen molar-refractivity contribution in [2.75, 3.05) is 14.2 Å². The van der Waals surface area contributed by atoms with E-state index in [4.69, 9.17) is 11.6 Å². The SMILES string of the molecule is COC(=O)c1ccccc1S(=O)(=O)N(C)Cc1c(F)cccc1Cl. The van der Waals surface area contributed by atoms with E-state index in [1.54, 1.807) is 0 Å². The van der Waals surface area contributed by atoms with Gasteiger partial charge in [-0.1, -0.05) is 29.8 Å². The van der Waals surface area contributed by atoms with Crippen LogP contribution in [0.3, 0.4) is 0 Å². The highest BCUT2D eigenvalue weighted by Crippen LogP contribution is 2.25. The van der Waals surface area contributed by atoms with Crippen LogP contribution in [-0.2, 0) is 21.3 Å². The van der Waals surface area contributed by atoms with Gasteiger partial charge in [0.05, 0.1) is 17.6 Å². The number of carbonyl (C=O) groups excluding carboxylic acids is 1. The highest BCUT2D eigenvalue weighted by atomic mass is 35.5. The van der Waals surface area contributed by atoms with Gasteiger partial charge in [0.15, 0.2) is 0 Å². The topological polar surface area (TPSA) is 63.7 Å². The Labute approximate surface area is 144 Å². The first kappa shape index (κ1) is 18.4. The first-order valence-electron chi connectivity index (χ1n) is 6.85. The molecule has 0 aromatic heterocycles. The minimum atomic E-state index is -4.05. The van der Waals surface area contributed by atoms with Gasteiger partial charge in [-0.3, -0.25) is 0 Å². The summed E-state index contributed by atoms with van der Waals surface area (Å²) in [5.41, 5.74) is -0.0349. The molecular weight excluding hydrogens is 357 g/mol. The van der Waals surface area contributed by atoms with Crippen molar-refractivity contribution in [1.82, 2.24) is 4.31 Å². The van der Waals surface area contributed by atoms with Gasteiger partial charge < -0.3 is 4.74 Å². The van der Waals surface area contributed by atoms with Gasteiger partial charge >= 0.3 is 5.97 Å². The summed E-state index contributed by atoms with van der Waals surface area (Å²) in [4.78, 5) is 11.6. The highest BCUT2D eigenvalue weighted by molar-refractivity contribution is 7.89. The summed E-state index contributed by atoms with van der Waals surface area (Å²) >= 11 is 5.94. The number of ether oxygens (including phenoxy) is 1. The number of methoxy groups -OCH3 is 1. The lowest BCUT2D eigenvalue weighted by Gasteiger charge is -2.19. The number of carbonyl (C=O) groups is 1. The molecule has 5 nitrogen and oxygen atoms in total. The van der Waals surface area contributed by atoms with Crippen molar-refractivity contribution < 1.29 is 22.3 Å². The third kappa shape index (κ3) is 3.58. The van der Waals surface area contributed by atoms with Gasteiger partial charge in [-0.05, 0) is 24.3 Å². The molecule has 2 aromatic carbocycles. The number of benzene rings is 2. The monoisotopic (exact) mass is 371 g/mol. The maximum absolute atomic E-state index is 13.9. The third-order valence-corrected chi connectivity index (χ3v) is 5.64.